The van der Waals surface area contributed by atoms with Crippen molar-refractivity contribution in [3.8, 4) is 23.0 Å². The predicted molar refractivity (Wildman–Crippen MR) is 173 cm³/mol. The molecular formula is C33H34F2O10S2. The van der Waals surface area contributed by atoms with E-state index in [9.17, 15) is 19.2 Å². The largest absolute Gasteiger partial charge is 0.493 e. The standard InChI is InChI=1S/C33H34F2O10S2/c1-15(31(38)39)7-19(36)25-9-17-23(46-25)11-21(42-5)29(27(17)34)44-13-33(3,4)14-45-30-22(43-6)12-24-18(28(30)35)10-26(47-24)20(37)8-16(2)32(40)41/h9-12,15-16H,7-8,13-14H2,1-6H3,(H,38,39)(H,40,41). The van der Waals surface area contributed by atoms with E-state index in [0.717, 1.165) is 22.7 Å². The summed E-state index contributed by atoms with van der Waals surface area (Å²) in [6.07, 6.45) is -0.455. The van der Waals surface area contributed by atoms with Crippen molar-refractivity contribution in [2.75, 3.05) is 27.4 Å². The highest BCUT2D eigenvalue weighted by molar-refractivity contribution is 7.21. The van der Waals surface area contributed by atoms with Gasteiger partial charge in [-0.1, -0.05) is 27.7 Å². The van der Waals surface area contributed by atoms with Crippen LogP contribution in [0.25, 0.3) is 20.2 Å². The highest BCUT2D eigenvalue weighted by Gasteiger charge is 2.28. The number of rotatable bonds is 16. The van der Waals surface area contributed by atoms with Gasteiger partial charge >= 0.3 is 11.9 Å². The van der Waals surface area contributed by atoms with Crippen LogP contribution in [0.5, 0.6) is 23.0 Å². The van der Waals surface area contributed by atoms with Crippen molar-refractivity contribution in [3.63, 3.8) is 0 Å². The highest BCUT2D eigenvalue weighted by Crippen LogP contribution is 2.43. The molecule has 4 aromatic rings. The second-order valence-corrected chi connectivity index (χ2v) is 14.1. The third-order valence-corrected chi connectivity index (χ3v) is 9.64. The van der Waals surface area contributed by atoms with Gasteiger partial charge in [-0.15, -0.1) is 22.7 Å². The van der Waals surface area contributed by atoms with Gasteiger partial charge in [0.1, 0.15) is 0 Å². The molecule has 0 aliphatic heterocycles. The fraction of sp³-hybridized carbons (Fsp3) is 0.394. The Balaban J connectivity index is 1.52. The zero-order valence-electron chi connectivity index (χ0n) is 26.5. The van der Waals surface area contributed by atoms with Gasteiger partial charge in [-0.2, -0.15) is 0 Å². The van der Waals surface area contributed by atoms with Gasteiger partial charge in [0, 0.05) is 50.6 Å². The predicted octanol–water partition coefficient (Wildman–Crippen LogP) is 7.48. The Hall–Kier alpha value is -4.30. The van der Waals surface area contributed by atoms with Gasteiger partial charge in [0.25, 0.3) is 0 Å². The van der Waals surface area contributed by atoms with E-state index in [-0.39, 0.29) is 69.6 Å². The maximum atomic E-state index is 15.7. The van der Waals surface area contributed by atoms with E-state index in [1.807, 2.05) is 0 Å². The molecule has 0 bridgehead atoms. The quantitative estimate of drug-likeness (QED) is 0.113. The Labute approximate surface area is 276 Å². The van der Waals surface area contributed by atoms with E-state index < -0.39 is 52.4 Å². The first-order valence-electron chi connectivity index (χ1n) is 14.4. The number of ether oxygens (including phenoxy) is 4. The number of Topliss-reactive ketones (excluding diaryl/α,β-unsaturated/α-hetero) is 2. The summed E-state index contributed by atoms with van der Waals surface area (Å²) in [5.74, 6) is -6.54. The second-order valence-electron chi connectivity index (χ2n) is 12.0. The lowest BCUT2D eigenvalue weighted by atomic mass is 9.96. The van der Waals surface area contributed by atoms with Crippen LogP contribution in [0.4, 0.5) is 8.78 Å². The lowest BCUT2D eigenvalue weighted by Crippen LogP contribution is -2.29. The molecule has 0 aliphatic rings. The van der Waals surface area contributed by atoms with Crippen molar-refractivity contribution >= 4 is 66.4 Å². The van der Waals surface area contributed by atoms with Crippen molar-refractivity contribution in [2.24, 2.45) is 17.3 Å². The van der Waals surface area contributed by atoms with E-state index in [1.54, 1.807) is 13.8 Å². The molecule has 252 valence electrons. The fourth-order valence-corrected chi connectivity index (χ4v) is 6.62. The van der Waals surface area contributed by atoms with Crippen LogP contribution < -0.4 is 18.9 Å². The first-order valence-corrected chi connectivity index (χ1v) is 16.1. The van der Waals surface area contributed by atoms with Gasteiger partial charge in [0.15, 0.2) is 46.2 Å². The van der Waals surface area contributed by atoms with E-state index in [4.69, 9.17) is 29.2 Å². The Kier molecular flexibility index (Phi) is 10.8. The fourth-order valence-electron chi connectivity index (χ4n) is 4.55. The van der Waals surface area contributed by atoms with Gasteiger partial charge < -0.3 is 29.2 Å². The number of aliphatic carboxylic acids is 2. The van der Waals surface area contributed by atoms with Crippen LogP contribution >= 0.6 is 22.7 Å². The molecule has 0 spiro atoms. The molecule has 0 aliphatic carbocycles. The molecule has 4 rings (SSSR count). The third kappa shape index (κ3) is 7.82. The SMILES string of the molecule is COc1cc2sc(C(=O)CC(C)C(=O)O)cc2c(F)c1OCC(C)(C)COc1c(OC)cc2sc(C(=O)CC(C)C(=O)O)cc2c1F. The van der Waals surface area contributed by atoms with Crippen LogP contribution in [0, 0.1) is 28.9 Å². The van der Waals surface area contributed by atoms with E-state index in [1.165, 1.54) is 52.3 Å². The topological polar surface area (TPSA) is 146 Å². The smallest absolute Gasteiger partial charge is 0.306 e. The van der Waals surface area contributed by atoms with Gasteiger partial charge in [-0.05, 0) is 12.1 Å². The maximum absolute atomic E-state index is 15.7. The van der Waals surface area contributed by atoms with E-state index in [2.05, 4.69) is 0 Å². The van der Waals surface area contributed by atoms with Crippen LogP contribution in [-0.4, -0.2) is 61.2 Å². The molecule has 2 aromatic carbocycles. The minimum absolute atomic E-state index is 0.0881. The van der Waals surface area contributed by atoms with Crippen LogP contribution in [0.3, 0.4) is 0 Å². The number of carbonyl (C=O) groups excluding carboxylic acids is 2. The Morgan fingerprint density at radius 3 is 1.40 bits per heavy atom. The Morgan fingerprint density at radius 1 is 0.723 bits per heavy atom. The van der Waals surface area contributed by atoms with Crippen molar-refractivity contribution < 1.29 is 57.1 Å². The summed E-state index contributed by atoms with van der Waals surface area (Å²) in [4.78, 5) is 48.0. The van der Waals surface area contributed by atoms with Gasteiger partial charge in [0.05, 0.1) is 49.0 Å². The normalized spacial score (nSPS) is 12.9. The minimum atomic E-state index is -1.10. The molecule has 10 nitrogen and oxygen atoms in total. The zero-order valence-corrected chi connectivity index (χ0v) is 28.2. The number of fused-ring (bicyclic) bond motifs is 2. The van der Waals surface area contributed by atoms with Crippen LogP contribution in [0.1, 0.15) is 59.9 Å². The molecule has 2 N–H and O–H groups in total. The number of carbonyl (C=O) groups is 4. The lowest BCUT2D eigenvalue weighted by Gasteiger charge is -2.26. The van der Waals surface area contributed by atoms with Crippen LogP contribution in [-0.2, 0) is 9.59 Å². The number of halogens is 2. The summed E-state index contributed by atoms with van der Waals surface area (Å²) in [5, 5.41) is 18.5. The molecule has 0 radical (unpaired) electrons. The highest BCUT2D eigenvalue weighted by atomic mass is 32.1. The molecule has 0 fully saturated rings. The molecule has 2 aromatic heterocycles. The zero-order chi connectivity index (χ0) is 34.8. The number of carboxylic acid groups (broad SMARTS) is 2. The molecule has 2 heterocycles. The third-order valence-electron chi connectivity index (χ3n) is 7.40. The summed E-state index contributed by atoms with van der Waals surface area (Å²) < 4.78 is 54.8. The van der Waals surface area contributed by atoms with Gasteiger partial charge in [-0.25, -0.2) is 8.78 Å². The number of hydrogen-bond acceptors (Lipinski definition) is 10. The lowest BCUT2D eigenvalue weighted by molar-refractivity contribution is -0.141. The monoisotopic (exact) mass is 692 g/mol. The molecule has 47 heavy (non-hydrogen) atoms. The number of carboxylic acids is 2. The molecule has 2 atom stereocenters. The molecule has 0 amide bonds. The number of hydrogen-bond donors (Lipinski definition) is 2. The number of ketones is 2. The minimum Gasteiger partial charge on any atom is -0.493 e. The first-order chi connectivity index (χ1) is 22.1. The van der Waals surface area contributed by atoms with Crippen LogP contribution in [0.2, 0.25) is 0 Å². The molecule has 0 saturated heterocycles. The Bertz CT molecular complexity index is 1730. The summed E-state index contributed by atoms with van der Waals surface area (Å²) in [6, 6.07) is 5.82. The summed E-state index contributed by atoms with van der Waals surface area (Å²) in [6.45, 7) is 6.17. The number of methoxy groups -OCH3 is 2. The second kappa shape index (κ2) is 14.2. The average Bonchev–Trinajstić information content (AvgIpc) is 3.65. The Morgan fingerprint density at radius 2 is 1.09 bits per heavy atom. The first kappa shape index (κ1) is 35.6. The van der Waals surface area contributed by atoms with Gasteiger partial charge in [0.2, 0.25) is 0 Å². The molecule has 2 unspecified atom stereocenters. The number of thiophene rings is 2. The van der Waals surface area contributed by atoms with Crippen molar-refractivity contribution in [3.05, 3.63) is 45.7 Å². The van der Waals surface area contributed by atoms with Crippen LogP contribution in [0.15, 0.2) is 24.3 Å². The number of benzene rings is 2. The van der Waals surface area contributed by atoms with E-state index in [0.29, 0.717) is 9.40 Å². The van der Waals surface area contributed by atoms with Crippen molar-refractivity contribution in [1.82, 2.24) is 0 Å². The van der Waals surface area contributed by atoms with Gasteiger partial charge in [-0.3, -0.25) is 19.2 Å². The maximum Gasteiger partial charge on any atom is 0.306 e. The molecule has 0 saturated carbocycles. The molecule has 14 heteroatoms. The summed E-state index contributed by atoms with van der Waals surface area (Å²) >= 11 is 2.05. The molecular weight excluding hydrogens is 658 g/mol. The van der Waals surface area contributed by atoms with Crippen molar-refractivity contribution in [2.45, 2.75) is 40.5 Å². The average molecular weight is 693 g/mol. The van der Waals surface area contributed by atoms with Crippen molar-refractivity contribution in [1.29, 1.82) is 0 Å². The van der Waals surface area contributed by atoms with E-state index >= 15 is 8.78 Å². The summed E-state index contributed by atoms with van der Waals surface area (Å²) in [7, 11) is 2.69. The summed E-state index contributed by atoms with van der Waals surface area (Å²) in [5.41, 5.74) is -0.815.